The molecule has 0 saturated carbocycles. The van der Waals surface area contributed by atoms with Gasteiger partial charge >= 0.3 is 0 Å². The molecular formula is C17H24N2O4. The number of carbonyl (C=O) groups excluding carboxylic acids is 1. The van der Waals surface area contributed by atoms with Crippen LogP contribution >= 0.6 is 0 Å². The summed E-state index contributed by atoms with van der Waals surface area (Å²) in [4.78, 5) is 16.5. The Morgan fingerprint density at radius 2 is 1.87 bits per heavy atom. The zero-order valence-corrected chi connectivity index (χ0v) is 13.5. The monoisotopic (exact) mass is 320 g/mol. The summed E-state index contributed by atoms with van der Waals surface area (Å²) in [7, 11) is 0. The molecule has 2 aliphatic rings. The number of hydrogen-bond acceptors (Lipinski definition) is 5. The topological polar surface area (TPSA) is 62.2 Å². The Bertz CT molecular complexity index is 554. The second-order valence-corrected chi connectivity index (χ2v) is 6.19. The molecule has 3 rings (SSSR count). The van der Waals surface area contributed by atoms with E-state index in [9.17, 15) is 9.90 Å². The number of aliphatic hydroxyl groups is 1. The summed E-state index contributed by atoms with van der Waals surface area (Å²) in [6, 6.07) is 5.70. The van der Waals surface area contributed by atoms with Gasteiger partial charge in [-0.05, 0) is 24.6 Å². The lowest BCUT2D eigenvalue weighted by Crippen LogP contribution is -2.50. The van der Waals surface area contributed by atoms with Crippen LogP contribution < -0.4 is 9.47 Å². The van der Waals surface area contributed by atoms with E-state index < -0.39 is 0 Å². The van der Waals surface area contributed by atoms with Gasteiger partial charge < -0.3 is 19.5 Å². The summed E-state index contributed by atoms with van der Waals surface area (Å²) in [5, 5.41) is 9.43. The summed E-state index contributed by atoms with van der Waals surface area (Å²) in [6.07, 6.45) is 0.0579. The highest BCUT2D eigenvalue weighted by Gasteiger charge is 2.22. The molecule has 1 fully saturated rings. The van der Waals surface area contributed by atoms with E-state index in [-0.39, 0.29) is 12.0 Å². The first-order valence-electron chi connectivity index (χ1n) is 8.18. The molecule has 1 aromatic rings. The predicted octanol–water partition coefficient (Wildman–Crippen LogP) is 0.525. The average molecular weight is 320 g/mol. The SMILES string of the molecule is C[C@H](O)CN1CCN(C(=O)Cc2ccc3c(c2)OCCO3)CC1. The Morgan fingerprint density at radius 1 is 1.17 bits per heavy atom. The Labute approximate surface area is 136 Å². The summed E-state index contributed by atoms with van der Waals surface area (Å²) in [5.74, 6) is 1.61. The molecule has 2 heterocycles. The summed E-state index contributed by atoms with van der Waals surface area (Å²) in [5.41, 5.74) is 0.950. The quantitative estimate of drug-likeness (QED) is 0.877. The van der Waals surface area contributed by atoms with Crippen molar-refractivity contribution in [2.75, 3.05) is 45.9 Å². The van der Waals surface area contributed by atoms with Crippen LogP contribution in [0.4, 0.5) is 0 Å². The van der Waals surface area contributed by atoms with E-state index in [1.54, 1.807) is 6.92 Å². The van der Waals surface area contributed by atoms with Crippen LogP contribution in [-0.2, 0) is 11.2 Å². The van der Waals surface area contributed by atoms with Crippen LogP contribution in [0, 0.1) is 0 Å². The molecule has 0 aromatic heterocycles. The van der Waals surface area contributed by atoms with Gasteiger partial charge in [-0.3, -0.25) is 9.69 Å². The smallest absolute Gasteiger partial charge is 0.227 e. The van der Waals surface area contributed by atoms with Crippen molar-refractivity contribution in [2.24, 2.45) is 0 Å². The number of hydrogen-bond donors (Lipinski definition) is 1. The van der Waals surface area contributed by atoms with E-state index >= 15 is 0 Å². The van der Waals surface area contributed by atoms with Crippen molar-refractivity contribution in [3.63, 3.8) is 0 Å². The van der Waals surface area contributed by atoms with Crippen molar-refractivity contribution in [1.82, 2.24) is 9.80 Å². The van der Waals surface area contributed by atoms with E-state index in [4.69, 9.17) is 9.47 Å². The molecular weight excluding hydrogens is 296 g/mol. The maximum absolute atomic E-state index is 12.5. The molecule has 0 aliphatic carbocycles. The van der Waals surface area contributed by atoms with Gasteiger partial charge in [0, 0.05) is 32.7 Å². The Balaban J connectivity index is 1.53. The van der Waals surface area contributed by atoms with Gasteiger partial charge in [0.25, 0.3) is 0 Å². The fraction of sp³-hybridized carbons (Fsp3) is 0.588. The number of benzene rings is 1. The summed E-state index contributed by atoms with van der Waals surface area (Å²) < 4.78 is 11.1. The highest BCUT2D eigenvalue weighted by molar-refractivity contribution is 5.79. The number of rotatable bonds is 4. The van der Waals surface area contributed by atoms with E-state index in [0.717, 1.165) is 43.2 Å². The number of aliphatic hydroxyl groups excluding tert-OH is 1. The Morgan fingerprint density at radius 3 is 2.57 bits per heavy atom. The molecule has 2 aliphatic heterocycles. The number of piperazine rings is 1. The Hall–Kier alpha value is -1.79. The first-order valence-corrected chi connectivity index (χ1v) is 8.18. The van der Waals surface area contributed by atoms with Gasteiger partial charge in [-0.15, -0.1) is 0 Å². The van der Waals surface area contributed by atoms with Crippen LogP contribution in [0.5, 0.6) is 11.5 Å². The summed E-state index contributed by atoms with van der Waals surface area (Å²) in [6.45, 7) is 6.66. The zero-order chi connectivity index (χ0) is 16.2. The number of fused-ring (bicyclic) bond motifs is 1. The van der Waals surface area contributed by atoms with Crippen LogP contribution in [-0.4, -0.2) is 72.9 Å². The molecule has 1 N–H and O–H groups in total. The number of ether oxygens (including phenoxy) is 2. The van der Waals surface area contributed by atoms with E-state index in [1.165, 1.54) is 0 Å². The van der Waals surface area contributed by atoms with Crippen LogP contribution in [0.25, 0.3) is 0 Å². The van der Waals surface area contributed by atoms with Crippen molar-refractivity contribution in [3.05, 3.63) is 23.8 Å². The van der Waals surface area contributed by atoms with Gasteiger partial charge in [-0.2, -0.15) is 0 Å². The zero-order valence-electron chi connectivity index (χ0n) is 13.5. The van der Waals surface area contributed by atoms with Gasteiger partial charge in [0.2, 0.25) is 5.91 Å². The number of amides is 1. The van der Waals surface area contributed by atoms with Crippen molar-refractivity contribution < 1.29 is 19.4 Å². The molecule has 1 saturated heterocycles. The van der Waals surface area contributed by atoms with Gasteiger partial charge in [0.1, 0.15) is 13.2 Å². The number of nitrogens with zero attached hydrogens (tertiary/aromatic N) is 2. The lowest BCUT2D eigenvalue weighted by atomic mass is 10.1. The average Bonchev–Trinajstić information content (AvgIpc) is 2.55. The first-order chi connectivity index (χ1) is 11.1. The summed E-state index contributed by atoms with van der Waals surface area (Å²) >= 11 is 0. The maximum atomic E-state index is 12.5. The van der Waals surface area contributed by atoms with Crippen molar-refractivity contribution in [3.8, 4) is 11.5 Å². The first kappa shape index (κ1) is 16.1. The Kier molecular flexibility index (Phi) is 5.03. The van der Waals surface area contributed by atoms with Crippen molar-refractivity contribution in [2.45, 2.75) is 19.4 Å². The number of carbonyl (C=O) groups is 1. The van der Waals surface area contributed by atoms with Crippen LogP contribution in [0.1, 0.15) is 12.5 Å². The van der Waals surface area contributed by atoms with Gasteiger partial charge in [0.05, 0.1) is 12.5 Å². The molecule has 1 aromatic carbocycles. The third-order valence-electron chi connectivity index (χ3n) is 4.21. The van der Waals surface area contributed by atoms with Gasteiger partial charge in [0.15, 0.2) is 11.5 Å². The highest BCUT2D eigenvalue weighted by atomic mass is 16.6. The largest absolute Gasteiger partial charge is 0.486 e. The van der Waals surface area contributed by atoms with Crippen molar-refractivity contribution in [1.29, 1.82) is 0 Å². The third kappa shape index (κ3) is 4.14. The minimum absolute atomic E-state index is 0.137. The van der Waals surface area contributed by atoms with E-state index in [0.29, 0.717) is 26.2 Å². The predicted molar refractivity (Wildman–Crippen MR) is 85.8 cm³/mol. The molecule has 1 amide bonds. The lowest BCUT2D eigenvalue weighted by Gasteiger charge is -2.35. The molecule has 1 atom stereocenters. The highest BCUT2D eigenvalue weighted by Crippen LogP contribution is 2.31. The fourth-order valence-electron chi connectivity index (χ4n) is 3.04. The van der Waals surface area contributed by atoms with Crippen LogP contribution in [0.15, 0.2) is 18.2 Å². The molecule has 6 heteroatoms. The molecule has 126 valence electrons. The number of β-amino-alcohol motifs (C(OH)–C–C–N with tert-alkyl or cyclic N) is 1. The van der Waals surface area contributed by atoms with Gasteiger partial charge in [-0.1, -0.05) is 6.07 Å². The molecule has 0 unspecified atom stereocenters. The van der Waals surface area contributed by atoms with E-state index in [1.807, 2.05) is 23.1 Å². The molecule has 6 nitrogen and oxygen atoms in total. The normalized spacial score (nSPS) is 19.5. The minimum Gasteiger partial charge on any atom is -0.486 e. The van der Waals surface area contributed by atoms with E-state index in [2.05, 4.69) is 4.90 Å². The lowest BCUT2D eigenvalue weighted by molar-refractivity contribution is -0.132. The van der Waals surface area contributed by atoms with Crippen molar-refractivity contribution >= 4 is 5.91 Å². The second kappa shape index (κ2) is 7.19. The maximum Gasteiger partial charge on any atom is 0.227 e. The van der Waals surface area contributed by atoms with Crippen LogP contribution in [0.3, 0.4) is 0 Å². The molecule has 23 heavy (non-hydrogen) atoms. The van der Waals surface area contributed by atoms with Gasteiger partial charge in [-0.25, -0.2) is 0 Å². The standard InChI is InChI=1S/C17H24N2O4/c1-13(20)12-18-4-6-19(7-5-18)17(21)11-14-2-3-15-16(10-14)23-9-8-22-15/h2-3,10,13,20H,4-9,11-12H2,1H3/t13-/m0/s1. The van der Waals surface area contributed by atoms with Crippen LogP contribution in [0.2, 0.25) is 0 Å². The third-order valence-corrected chi connectivity index (χ3v) is 4.21. The fourth-order valence-corrected chi connectivity index (χ4v) is 3.04. The second-order valence-electron chi connectivity index (χ2n) is 6.19. The molecule has 0 bridgehead atoms. The molecule has 0 spiro atoms. The minimum atomic E-state index is -0.324. The molecule has 0 radical (unpaired) electrons.